The number of piperazine rings is 1. The van der Waals surface area contributed by atoms with E-state index in [0.717, 1.165) is 4.40 Å². The van der Waals surface area contributed by atoms with Gasteiger partial charge in [0.1, 0.15) is 11.5 Å². The molecular weight excluding hydrogens is 353 g/mol. The van der Waals surface area contributed by atoms with E-state index in [-0.39, 0.29) is 11.6 Å². The van der Waals surface area contributed by atoms with E-state index in [9.17, 15) is 19.3 Å². The molecular formula is C18H16FN5O3. The molecule has 0 bridgehead atoms. The fraction of sp³-hybridized carbons (Fsp3) is 0.222. The minimum atomic E-state index is -0.711. The van der Waals surface area contributed by atoms with E-state index in [2.05, 4.69) is 4.98 Å². The summed E-state index contributed by atoms with van der Waals surface area (Å²) in [6, 6.07) is 11.5. The first-order valence-electron chi connectivity index (χ1n) is 8.46. The van der Waals surface area contributed by atoms with Crippen molar-refractivity contribution in [1.82, 2.24) is 9.38 Å². The van der Waals surface area contributed by atoms with E-state index in [1.54, 1.807) is 41.3 Å². The Hall–Kier alpha value is -3.49. The number of pyridine rings is 1. The smallest absolute Gasteiger partial charge is 0.366 e. The summed E-state index contributed by atoms with van der Waals surface area (Å²) in [6.07, 6.45) is 1.46. The van der Waals surface area contributed by atoms with E-state index in [4.69, 9.17) is 0 Å². The maximum Gasteiger partial charge on any atom is 0.376 e. The van der Waals surface area contributed by atoms with E-state index < -0.39 is 16.2 Å². The van der Waals surface area contributed by atoms with Crippen LogP contribution in [0.4, 0.5) is 21.6 Å². The molecule has 138 valence electrons. The number of hydrogen-bond acceptors (Lipinski definition) is 6. The van der Waals surface area contributed by atoms with Gasteiger partial charge < -0.3 is 9.80 Å². The van der Waals surface area contributed by atoms with E-state index >= 15 is 0 Å². The number of hydrogen-bond donors (Lipinski definition) is 0. The largest absolute Gasteiger partial charge is 0.376 e. The number of benzene rings is 1. The van der Waals surface area contributed by atoms with Gasteiger partial charge in [-0.1, -0.05) is 18.2 Å². The lowest BCUT2D eigenvalue weighted by molar-refractivity contribution is -0.385. The molecule has 0 radical (unpaired) electrons. The van der Waals surface area contributed by atoms with Crippen LogP contribution < -0.4 is 15.4 Å². The number of aromatic nitrogens is 2. The Balaban J connectivity index is 1.68. The van der Waals surface area contributed by atoms with Crippen molar-refractivity contribution in [3.05, 3.63) is 74.9 Å². The third kappa shape index (κ3) is 2.97. The number of nitrogens with zero attached hydrogens (tertiary/aromatic N) is 5. The summed E-state index contributed by atoms with van der Waals surface area (Å²) in [5.74, 6) is -0.247. The van der Waals surface area contributed by atoms with Crippen molar-refractivity contribution in [2.45, 2.75) is 0 Å². The van der Waals surface area contributed by atoms with Gasteiger partial charge in [-0.25, -0.2) is 9.37 Å². The van der Waals surface area contributed by atoms with Crippen LogP contribution in [-0.4, -0.2) is 40.5 Å². The van der Waals surface area contributed by atoms with Gasteiger partial charge in [-0.3, -0.25) is 19.3 Å². The van der Waals surface area contributed by atoms with Crippen LogP contribution in [0.25, 0.3) is 5.65 Å². The molecule has 1 aliphatic heterocycles. The van der Waals surface area contributed by atoms with Gasteiger partial charge in [-0.05, 0) is 24.3 Å². The van der Waals surface area contributed by atoms with Crippen LogP contribution in [0.5, 0.6) is 0 Å². The predicted molar refractivity (Wildman–Crippen MR) is 98.9 cm³/mol. The quantitative estimate of drug-likeness (QED) is 0.519. The topological polar surface area (TPSA) is 84.0 Å². The van der Waals surface area contributed by atoms with Crippen LogP contribution in [0, 0.1) is 15.9 Å². The number of halogens is 1. The standard InChI is InChI=1S/C18H16FN5O3/c19-13-5-1-2-6-14(13)21-9-11-22(12-10-21)17-16(24(26)27)18(25)23-8-4-3-7-15(23)20-17/h1-8H,9-12H2. The molecule has 1 fully saturated rings. The molecule has 4 rings (SSSR count). The lowest BCUT2D eigenvalue weighted by Gasteiger charge is -2.36. The molecule has 0 amide bonds. The minimum absolute atomic E-state index is 0.0596. The molecule has 3 aromatic rings. The predicted octanol–water partition coefficient (Wildman–Crippen LogP) is 2.07. The minimum Gasteiger partial charge on any atom is -0.366 e. The Kier molecular flexibility index (Phi) is 4.19. The van der Waals surface area contributed by atoms with Crippen LogP contribution in [0.2, 0.25) is 0 Å². The highest BCUT2D eigenvalue weighted by Crippen LogP contribution is 2.26. The van der Waals surface area contributed by atoms with Gasteiger partial charge in [-0.15, -0.1) is 0 Å². The average molecular weight is 369 g/mol. The second-order valence-electron chi connectivity index (χ2n) is 6.20. The molecule has 0 spiro atoms. The molecule has 3 heterocycles. The van der Waals surface area contributed by atoms with Gasteiger partial charge >= 0.3 is 11.2 Å². The Morgan fingerprint density at radius 2 is 1.67 bits per heavy atom. The Morgan fingerprint density at radius 3 is 2.37 bits per heavy atom. The second-order valence-corrected chi connectivity index (χ2v) is 6.20. The van der Waals surface area contributed by atoms with Crippen molar-refractivity contribution in [2.24, 2.45) is 0 Å². The van der Waals surface area contributed by atoms with Gasteiger partial charge in [0, 0.05) is 32.4 Å². The van der Waals surface area contributed by atoms with Gasteiger partial charge in [0.2, 0.25) is 5.82 Å². The highest BCUT2D eigenvalue weighted by atomic mass is 19.1. The summed E-state index contributed by atoms with van der Waals surface area (Å²) in [5.41, 5.74) is -0.409. The van der Waals surface area contributed by atoms with E-state index in [1.165, 1.54) is 12.3 Å². The monoisotopic (exact) mass is 369 g/mol. The highest BCUT2D eigenvalue weighted by molar-refractivity contribution is 5.62. The number of fused-ring (bicyclic) bond motifs is 1. The van der Waals surface area contributed by atoms with Crippen molar-refractivity contribution in [3.63, 3.8) is 0 Å². The van der Waals surface area contributed by atoms with Crippen LogP contribution in [0.1, 0.15) is 0 Å². The Labute approximate surface area is 153 Å². The van der Waals surface area contributed by atoms with Crippen molar-refractivity contribution in [1.29, 1.82) is 0 Å². The fourth-order valence-electron chi connectivity index (χ4n) is 3.32. The number of rotatable bonds is 3. The first-order chi connectivity index (χ1) is 13.1. The molecule has 1 aliphatic rings. The zero-order chi connectivity index (χ0) is 19.0. The van der Waals surface area contributed by atoms with Gasteiger partial charge in [0.05, 0.1) is 10.6 Å². The van der Waals surface area contributed by atoms with Crippen LogP contribution in [-0.2, 0) is 0 Å². The third-order valence-electron chi connectivity index (χ3n) is 4.65. The lowest BCUT2D eigenvalue weighted by Crippen LogP contribution is -2.47. The molecule has 0 N–H and O–H groups in total. The molecule has 1 saturated heterocycles. The van der Waals surface area contributed by atoms with Crippen molar-refractivity contribution in [3.8, 4) is 0 Å². The maximum absolute atomic E-state index is 14.0. The van der Waals surface area contributed by atoms with Crippen LogP contribution in [0.15, 0.2) is 53.5 Å². The van der Waals surface area contributed by atoms with Gasteiger partial charge in [-0.2, -0.15) is 0 Å². The maximum atomic E-state index is 14.0. The van der Waals surface area contributed by atoms with E-state index in [1.807, 2.05) is 4.90 Å². The lowest BCUT2D eigenvalue weighted by atomic mass is 10.2. The summed E-state index contributed by atoms with van der Waals surface area (Å²) in [7, 11) is 0. The van der Waals surface area contributed by atoms with Crippen molar-refractivity contribution >= 4 is 22.8 Å². The van der Waals surface area contributed by atoms with Crippen molar-refractivity contribution < 1.29 is 9.31 Å². The van der Waals surface area contributed by atoms with Crippen molar-refractivity contribution in [2.75, 3.05) is 36.0 Å². The first-order valence-corrected chi connectivity index (χ1v) is 8.46. The van der Waals surface area contributed by atoms with Crippen LogP contribution in [0.3, 0.4) is 0 Å². The number of nitro groups is 1. The third-order valence-corrected chi connectivity index (χ3v) is 4.65. The molecule has 0 aliphatic carbocycles. The zero-order valence-corrected chi connectivity index (χ0v) is 14.3. The number of para-hydroxylation sites is 1. The summed E-state index contributed by atoms with van der Waals surface area (Å²) in [5, 5.41) is 11.5. The SMILES string of the molecule is O=c1c([N+](=O)[O-])c(N2CCN(c3ccccc3F)CC2)nc2ccccn12. The summed E-state index contributed by atoms with van der Waals surface area (Å²) in [4.78, 5) is 31.3. The van der Waals surface area contributed by atoms with E-state index in [0.29, 0.717) is 37.5 Å². The second kappa shape index (κ2) is 6.67. The summed E-state index contributed by atoms with van der Waals surface area (Å²) in [6.45, 7) is 1.72. The highest BCUT2D eigenvalue weighted by Gasteiger charge is 2.30. The molecule has 2 aromatic heterocycles. The van der Waals surface area contributed by atoms with Gasteiger partial charge in [0.15, 0.2) is 0 Å². The van der Waals surface area contributed by atoms with Gasteiger partial charge in [0.25, 0.3) is 0 Å². The molecule has 1 aromatic carbocycles. The molecule has 0 saturated carbocycles. The first kappa shape index (κ1) is 17.0. The molecule has 8 nitrogen and oxygen atoms in total. The molecule has 27 heavy (non-hydrogen) atoms. The van der Waals surface area contributed by atoms with Crippen LogP contribution >= 0.6 is 0 Å². The summed E-state index contributed by atoms with van der Waals surface area (Å²) >= 11 is 0. The summed E-state index contributed by atoms with van der Waals surface area (Å²) < 4.78 is 15.2. The molecule has 0 unspecified atom stereocenters. The number of anilines is 2. The molecule has 9 heteroatoms. The molecule has 0 atom stereocenters. The zero-order valence-electron chi connectivity index (χ0n) is 14.3. The normalized spacial score (nSPS) is 14.6. The Morgan fingerprint density at radius 1 is 1.00 bits per heavy atom. The average Bonchev–Trinajstić information content (AvgIpc) is 2.68. The Bertz CT molecular complexity index is 1080. The fourth-order valence-corrected chi connectivity index (χ4v) is 3.32.